The summed E-state index contributed by atoms with van der Waals surface area (Å²) in [6.45, 7) is 6.81. The highest BCUT2D eigenvalue weighted by atomic mass is 16.5. The first kappa shape index (κ1) is 15.5. The predicted molar refractivity (Wildman–Crippen MR) is 77.4 cm³/mol. The van der Waals surface area contributed by atoms with Crippen molar-refractivity contribution in [2.45, 2.75) is 26.3 Å². The first-order valence-electron chi connectivity index (χ1n) is 6.51. The molecule has 0 bridgehead atoms. The summed E-state index contributed by atoms with van der Waals surface area (Å²) in [6.07, 6.45) is 0. The lowest BCUT2D eigenvalue weighted by atomic mass is 10.0. The molecule has 0 aromatic heterocycles. The fourth-order valence-corrected chi connectivity index (χ4v) is 1.70. The average Bonchev–Trinajstić information content (AvgIpc) is 2.39. The van der Waals surface area contributed by atoms with E-state index < -0.39 is 5.54 Å². The van der Waals surface area contributed by atoms with Crippen LogP contribution in [0.5, 0.6) is 5.75 Å². The summed E-state index contributed by atoms with van der Waals surface area (Å²) in [5.41, 5.74) is 0.560. The highest BCUT2D eigenvalue weighted by Crippen LogP contribution is 2.16. The maximum Gasteiger partial charge on any atom is 0.242 e. The Balaban J connectivity index is 2.46. The molecule has 0 heterocycles. The van der Waals surface area contributed by atoms with E-state index in [4.69, 9.17) is 4.74 Å². The molecule has 0 aliphatic heterocycles. The molecule has 4 nitrogen and oxygen atoms in total. The van der Waals surface area contributed by atoms with Gasteiger partial charge in [-0.25, -0.2) is 0 Å². The Hall–Kier alpha value is -1.55. The smallest absolute Gasteiger partial charge is 0.242 e. The second-order valence-electron chi connectivity index (χ2n) is 5.22. The molecule has 1 aromatic carbocycles. The van der Waals surface area contributed by atoms with Crippen LogP contribution in [0.3, 0.4) is 0 Å². The highest BCUT2D eigenvalue weighted by Gasteiger charge is 2.28. The van der Waals surface area contributed by atoms with Gasteiger partial charge in [-0.15, -0.1) is 0 Å². The minimum atomic E-state index is -0.544. The first-order valence-corrected chi connectivity index (χ1v) is 6.51. The van der Waals surface area contributed by atoms with Gasteiger partial charge in [0.15, 0.2) is 0 Å². The van der Waals surface area contributed by atoms with Gasteiger partial charge in [0.05, 0.1) is 12.1 Å². The van der Waals surface area contributed by atoms with Crippen molar-refractivity contribution in [3.05, 3.63) is 29.8 Å². The van der Waals surface area contributed by atoms with Crippen LogP contribution in [0.25, 0.3) is 0 Å². The normalized spacial score (nSPS) is 11.2. The van der Waals surface area contributed by atoms with Gasteiger partial charge in [0.1, 0.15) is 12.4 Å². The van der Waals surface area contributed by atoms with Crippen molar-refractivity contribution < 1.29 is 9.53 Å². The Bertz CT molecular complexity index is 430. The molecule has 106 valence electrons. The summed E-state index contributed by atoms with van der Waals surface area (Å²) in [5.74, 6) is 0.930. The molecular weight excluding hydrogens is 240 g/mol. The van der Waals surface area contributed by atoms with Gasteiger partial charge in [0.25, 0.3) is 0 Å². The Labute approximate surface area is 115 Å². The zero-order valence-corrected chi connectivity index (χ0v) is 12.5. The number of ether oxygens (including phenoxy) is 1. The van der Waals surface area contributed by atoms with Crippen molar-refractivity contribution in [3.8, 4) is 5.75 Å². The molecule has 0 fully saturated rings. The van der Waals surface area contributed by atoms with Gasteiger partial charge in [-0.3, -0.25) is 4.79 Å². The van der Waals surface area contributed by atoms with Gasteiger partial charge < -0.3 is 15.0 Å². The molecule has 0 aliphatic rings. The van der Waals surface area contributed by atoms with Gasteiger partial charge in [0, 0.05) is 7.05 Å². The van der Waals surface area contributed by atoms with Crippen molar-refractivity contribution in [3.63, 3.8) is 0 Å². The van der Waals surface area contributed by atoms with E-state index >= 15 is 0 Å². The Morgan fingerprint density at radius 3 is 2.58 bits per heavy atom. The molecule has 0 saturated heterocycles. The van der Waals surface area contributed by atoms with Crippen molar-refractivity contribution in [2.24, 2.45) is 0 Å². The maximum absolute atomic E-state index is 12.1. The molecule has 0 radical (unpaired) electrons. The number of nitrogens with zero attached hydrogens (tertiary/aromatic N) is 1. The molecule has 0 saturated carbocycles. The van der Waals surface area contributed by atoms with Gasteiger partial charge in [-0.05, 0) is 39.4 Å². The number of hydrogen-bond acceptors (Lipinski definition) is 3. The molecule has 1 N–H and O–H groups in total. The zero-order chi connectivity index (χ0) is 14.5. The molecule has 19 heavy (non-hydrogen) atoms. The molecule has 0 atom stereocenters. The summed E-state index contributed by atoms with van der Waals surface area (Å²) in [4.78, 5) is 13.8. The Kier molecular flexibility index (Phi) is 5.36. The second-order valence-corrected chi connectivity index (χ2v) is 5.22. The van der Waals surface area contributed by atoms with Crippen molar-refractivity contribution in [2.75, 3.05) is 27.2 Å². The van der Waals surface area contributed by atoms with Crippen molar-refractivity contribution >= 4 is 5.91 Å². The van der Waals surface area contributed by atoms with E-state index in [9.17, 15) is 4.79 Å². The van der Waals surface area contributed by atoms with E-state index in [1.165, 1.54) is 0 Å². The molecule has 1 aromatic rings. The van der Waals surface area contributed by atoms with Gasteiger partial charge in [-0.2, -0.15) is 0 Å². The van der Waals surface area contributed by atoms with Crippen LogP contribution in [0, 0.1) is 6.92 Å². The fourth-order valence-electron chi connectivity index (χ4n) is 1.70. The van der Waals surface area contributed by atoms with Crippen LogP contribution < -0.4 is 10.1 Å². The van der Waals surface area contributed by atoms with Gasteiger partial charge in [-0.1, -0.05) is 18.2 Å². The molecular formula is C15H24N2O2. The number of nitrogens with one attached hydrogen (secondary N) is 1. The largest absolute Gasteiger partial charge is 0.491 e. The lowest BCUT2D eigenvalue weighted by Gasteiger charge is -2.29. The van der Waals surface area contributed by atoms with Gasteiger partial charge >= 0.3 is 0 Å². The van der Waals surface area contributed by atoms with Crippen LogP contribution in [0.15, 0.2) is 24.3 Å². The number of carbonyl (C=O) groups excluding carboxylic acids is 1. The minimum absolute atomic E-state index is 0.0587. The Morgan fingerprint density at radius 1 is 1.37 bits per heavy atom. The molecule has 0 unspecified atom stereocenters. The van der Waals surface area contributed by atoms with E-state index in [-0.39, 0.29) is 5.91 Å². The summed E-state index contributed by atoms with van der Waals surface area (Å²) < 4.78 is 5.69. The average molecular weight is 264 g/mol. The van der Waals surface area contributed by atoms with E-state index in [1.807, 2.05) is 45.0 Å². The summed E-state index contributed by atoms with van der Waals surface area (Å²) in [5, 5.41) is 3.01. The third-order valence-corrected chi connectivity index (χ3v) is 3.28. The highest BCUT2D eigenvalue weighted by molar-refractivity contribution is 5.85. The van der Waals surface area contributed by atoms with Crippen molar-refractivity contribution in [1.82, 2.24) is 10.2 Å². The number of hydrogen-bond donors (Lipinski definition) is 1. The number of aryl methyl sites for hydroxylation is 1. The SMILES string of the molecule is CNC(C)(C)C(=O)N(C)CCOc1ccccc1C. The van der Waals surface area contributed by atoms with Crippen LogP contribution in [0.1, 0.15) is 19.4 Å². The Morgan fingerprint density at radius 2 is 2.00 bits per heavy atom. The van der Waals surface area contributed by atoms with E-state index in [1.54, 1.807) is 19.0 Å². The standard InChI is InChI=1S/C15H24N2O2/c1-12-8-6-7-9-13(12)19-11-10-17(5)14(18)15(2,3)16-4/h6-9,16H,10-11H2,1-5H3. The topological polar surface area (TPSA) is 41.6 Å². The summed E-state index contributed by atoms with van der Waals surface area (Å²) >= 11 is 0. The number of para-hydroxylation sites is 1. The lowest BCUT2D eigenvalue weighted by Crippen LogP contribution is -2.52. The molecule has 0 aliphatic carbocycles. The monoisotopic (exact) mass is 264 g/mol. The maximum atomic E-state index is 12.1. The van der Waals surface area contributed by atoms with Crippen molar-refractivity contribution in [1.29, 1.82) is 0 Å². The number of amides is 1. The molecule has 0 spiro atoms. The van der Waals surface area contributed by atoms with E-state index in [2.05, 4.69) is 5.32 Å². The van der Waals surface area contributed by atoms with Crippen LogP contribution in [0.4, 0.5) is 0 Å². The number of carbonyl (C=O) groups is 1. The number of rotatable bonds is 6. The third kappa shape index (κ3) is 4.24. The third-order valence-electron chi connectivity index (χ3n) is 3.28. The number of benzene rings is 1. The van der Waals surface area contributed by atoms with Gasteiger partial charge in [0.2, 0.25) is 5.91 Å². The minimum Gasteiger partial charge on any atom is -0.491 e. The fraction of sp³-hybridized carbons (Fsp3) is 0.533. The lowest BCUT2D eigenvalue weighted by molar-refractivity contribution is -0.135. The van der Waals surface area contributed by atoms with Crippen LogP contribution in [-0.4, -0.2) is 43.6 Å². The summed E-state index contributed by atoms with van der Waals surface area (Å²) in [7, 11) is 3.58. The molecule has 1 rings (SSSR count). The van der Waals surface area contributed by atoms with Crippen LogP contribution in [-0.2, 0) is 4.79 Å². The van der Waals surface area contributed by atoms with E-state index in [0.29, 0.717) is 13.2 Å². The van der Waals surface area contributed by atoms with E-state index in [0.717, 1.165) is 11.3 Å². The molecule has 4 heteroatoms. The zero-order valence-electron chi connectivity index (χ0n) is 12.5. The summed E-state index contributed by atoms with van der Waals surface area (Å²) in [6, 6.07) is 7.87. The second kappa shape index (κ2) is 6.57. The quantitative estimate of drug-likeness (QED) is 0.852. The van der Waals surface area contributed by atoms with Crippen LogP contribution >= 0.6 is 0 Å². The molecule has 1 amide bonds. The van der Waals surface area contributed by atoms with Crippen LogP contribution in [0.2, 0.25) is 0 Å². The number of likely N-dealkylation sites (N-methyl/N-ethyl adjacent to an activating group) is 2. The predicted octanol–water partition coefficient (Wildman–Crippen LogP) is 1.83. The first-order chi connectivity index (χ1) is 8.88.